The Bertz CT molecular complexity index is 786. The summed E-state index contributed by atoms with van der Waals surface area (Å²) in [5, 5.41) is 0. The van der Waals surface area contributed by atoms with E-state index in [0.717, 1.165) is 18.4 Å². The standard InChI is InChI=1S/C23H28O6/c1-3-28-23(25)21-18-15-11-16(17(12-15)29-13-27-10-9-26-2)20(18)22(24)19(21)14-7-5-4-6-8-14/h4-8,15-18,20H,3,9-13H2,1-2H3/t15-,16+,17-,18-,20+/m0/s1. The molecule has 0 heterocycles. The molecule has 0 saturated heterocycles. The van der Waals surface area contributed by atoms with E-state index < -0.39 is 0 Å². The zero-order chi connectivity index (χ0) is 20.4. The monoisotopic (exact) mass is 400 g/mol. The van der Waals surface area contributed by atoms with E-state index in [1.165, 1.54) is 0 Å². The number of methoxy groups -OCH3 is 1. The van der Waals surface area contributed by atoms with Crippen LogP contribution in [0.5, 0.6) is 0 Å². The number of hydrogen-bond donors (Lipinski definition) is 0. The average molecular weight is 400 g/mol. The summed E-state index contributed by atoms with van der Waals surface area (Å²) >= 11 is 0. The summed E-state index contributed by atoms with van der Waals surface area (Å²) in [5.41, 5.74) is 1.93. The number of hydrogen-bond acceptors (Lipinski definition) is 6. The predicted octanol–water partition coefficient (Wildman–Crippen LogP) is 2.86. The first-order valence-electron chi connectivity index (χ1n) is 10.4. The number of ether oxygens (including phenoxy) is 4. The van der Waals surface area contributed by atoms with E-state index in [4.69, 9.17) is 18.9 Å². The van der Waals surface area contributed by atoms with Crippen molar-refractivity contribution in [2.45, 2.75) is 25.9 Å². The first-order chi connectivity index (χ1) is 14.2. The second-order valence-electron chi connectivity index (χ2n) is 7.91. The summed E-state index contributed by atoms with van der Waals surface area (Å²) in [6, 6.07) is 9.49. The second-order valence-corrected chi connectivity index (χ2v) is 7.91. The fraction of sp³-hybridized carbons (Fsp3) is 0.565. The van der Waals surface area contributed by atoms with E-state index in [2.05, 4.69) is 0 Å². The number of benzene rings is 1. The number of esters is 1. The van der Waals surface area contributed by atoms with Crippen LogP contribution >= 0.6 is 0 Å². The van der Waals surface area contributed by atoms with Gasteiger partial charge in [0.15, 0.2) is 5.78 Å². The molecule has 3 aliphatic rings. The lowest BCUT2D eigenvalue weighted by Crippen LogP contribution is -2.36. The number of fused-ring (bicyclic) bond motifs is 5. The van der Waals surface area contributed by atoms with Crippen LogP contribution in [0, 0.1) is 23.7 Å². The summed E-state index contributed by atoms with van der Waals surface area (Å²) in [5.74, 6) is -0.165. The van der Waals surface area contributed by atoms with Crippen LogP contribution in [-0.4, -0.2) is 51.6 Å². The number of rotatable bonds is 9. The van der Waals surface area contributed by atoms with Gasteiger partial charge in [0.1, 0.15) is 6.79 Å². The molecule has 1 aromatic rings. The average Bonchev–Trinajstić information content (AvgIpc) is 3.39. The Hall–Kier alpha value is -2.02. The van der Waals surface area contributed by atoms with Crippen LogP contribution in [0.15, 0.2) is 35.9 Å². The molecular formula is C23H28O6. The lowest BCUT2D eigenvalue weighted by molar-refractivity contribution is -0.140. The van der Waals surface area contributed by atoms with Gasteiger partial charge in [-0.2, -0.15) is 0 Å². The zero-order valence-electron chi connectivity index (χ0n) is 17.0. The predicted molar refractivity (Wildman–Crippen MR) is 106 cm³/mol. The minimum atomic E-state index is -0.347. The summed E-state index contributed by atoms with van der Waals surface area (Å²) in [4.78, 5) is 26.3. The van der Waals surface area contributed by atoms with Gasteiger partial charge in [0.2, 0.25) is 0 Å². The minimum Gasteiger partial charge on any atom is -0.463 e. The molecule has 0 aromatic heterocycles. The van der Waals surface area contributed by atoms with Gasteiger partial charge in [-0.05, 0) is 37.2 Å². The van der Waals surface area contributed by atoms with Crippen LogP contribution in [-0.2, 0) is 28.5 Å². The number of carbonyl (C=O) groups excluding carboxylic acids is 2. The van der Waals surface area contributed by atoms with Gasteiger partial charge in [-0.25, -0.2) is 4.79 Å². The third-order valence-electron chi connectivity index (χ3n) is 6.45. The Morgan fingerprint density at radius 2 is 1.90 bits per heavy atom. The van der Waals surface area contributed by atoms with E-state index in [9.17, 15) is 9.59 Å². The van der Waals surface area contributed by atoms with Crippen LogP contribution < -0.4 is 0 Å². The smallest absolute Gasteiger partial charge is 0.335 e. The molecule has 2 bridgehead atoms. The van der Waals surface area contributed by atoms with E-state index >= 15 is 0 Å². The van der Waals surface area contributed by atoms with Crippen molar-refractivity contribution in [2.24, 2.45) is 23.7 Å². The maximum Gasteiger partial charge on any atom is 0.335 e. The highest BCUT2D eigenvalue weighted by molar-refractivity contribution is 6.30. The minimum absolute atomic E-state index is 0.00804. The van der Waals surface area contributed by atoms with Gasteiger partial charge < -0.3 is 18.9 Å². The number of ketones is 1. The Labute approximate surface area is 171 Å². The van der Waals surface area contributed by atoms with Crippen LogP contribution in [0.3, 0.4) is 0 Å². The first kappa shape index (κ1) is 20.3. The highest BCUT2D eigenvalue weighted by Crippen LogP contribution is 2.61. The Kier molecular flexibility index (Phi) is 6.13. The number of carbonyl (C=O) groups is 2. The van der Waals surface area contributed by atoms with E-state index in [1.54, 1.807) is 14.0 Å². The molecule has 5 atom stereocenters. The zero-order valence-corrected chi connectivity index (χ0v) is 17.0. The third kappa shape index (κ3) is 3.65. The highest BCUT2D eigenvalue weighted by atomic mass is 16.7. The molecule has 0 aliphatic heterocycles. The SMILES string of the molecule is CCOC(=O)C1=C(c2ccccc2)C(=O)[C@@H]2[C@@H]3C[C@@H](C[C@@H]3OCOCCOC)[C@H]12. The normalized spacial score (nSPS) is 30.1. The molecule has 3 aliphatic carbocycles. The Balaban J connectivity index is 1.56. The van der Waals surface area contributed by atoms with Crippen molar-refractivity contribution < 1.29 is 28.5 Å². The topological polar surface area (TPSA) is 71.1 Å². The molecule has 156 valence electrons. The molecule has 0 N–H and O–H groups in total. The molecule has 0 radical (unpaired) electrons. The van der Waals surface area contributed by atoms with Gasteiger partial charge >= 0.3 is 5.97 Å². The van der Waals surface area contributed by atoms with Crippen molar-refractivity contribution >= 4 is 17.3 Å². The van der Waals surface area contributed by atoms with Crippen molar-refractivity contribution in [1.29, 1.82) is 0 Å². The van der Waals surface area contributed by atoms with Crippen molar-refractivity contribution in [2.75, 3.05) is 33.7 Å². The molecule has 6 heteroatoms. The summed E-state index contributed by atoms with van der Waals surface area (Å²) in [7, 11) is 1.63. The molecule has 0 spiro atoms. The summed E-state index contributed by atoms with van der Waals surface area (Å²) in [6.45, 7) is 3.30. The van der Waals surface area contributed by atoms with Crippen LogP contribution in [0.1, 0.15) is 25.3 Å². The Morgan fingerprint density at radius 3 is 2.62 bits per heavy atom. The first-order valence-corrected chi connectivity index (χ1v) is 10.4. The molecule has 2 fully saturated rings. The maximum absolute atomic E-state index is 13.5. The molecule has 6 nitrogen and oxygen atoms in total. The fourth-order valence-corrected chi connectivity index (χ4v) is 5.42. The van der Waals surface area contributed by atoms with Gasteiger partial charge in [-0.3, -0.25) is 4.79 Å². The highest BCUT2D eigenvalue weighted by Gasteiger charge is 2.62. The molecule has 0 amide bonds. The largest absolute Gasteiger partial charge is 0.463 e. The number of Topliss-reactive ketones (excluding diaryl/α,β-unsaturated/α-hetero) is 1. The lowest BCUT2D eigenvalue weighted by atomic mass is 9.77. The third-order valence-corrected chi connectivity index (χ3v) is 6.45. The maximum atomic E-state index is 13.5. The van der Waals surface area contributed by atoms with Gasteiger partial charge in [-0.15, -0.1) is 0 Å². The van der Waals surface area contributed by atoms with Crippen molar-refractivity contribution in [1.82, 2.24) is 0 Å². The fourth-order valence-electron chi connectivity index (χ4n) is 5.42. The van der Waals surface area contributed by atoms with Crippen LogP contribution in [0.2, 0.25) is 0 Å². The molecule has 29 heavy (non-hydrogen) atoms. The van der Waals surface area contributed by atoms with E-state index in [-0.39, 0.29) is 48.3 Å². The van der Waals surface area contributed by atoms with Crippen LogP contribution in [0.4, 0.5) is 0 Å². The lowest BCUT2D eigenvalue weighted by Gasteiger charge is -2.31. The van der Waals surface area contributed by atoms with Crippen molar-refractivity contribution in [3.8, 4) is 0 Å². The van der Waals surface area contributed by atoms with Crippen LogP contribution in [0.25, 0.3) is 5.57 Å². The molecule has 1 aromatic carbocycles. The van der Waals surface area contributed by atoms with Gasteiger partial charge in [-0.1, -0.05) is 30.3 Å². The van der Waals surface area contributed by atoms with Gasteiger partial charge in [0, 0.05) is 24.5 Å². The van der Waals surface area contributed by atoms with Crippen molar-refractivity contribution in [3.63, 3.8) is 0 Å². The quantitative estimate of drug-likeness (QED) is 0.361. The summed E-state index contributed by atoms with van der Waals surface area (Å²) in [6.07, 6.45) is 1.75. The van der Waals surface area contributed by atoms with Crippen molar-refractivity contribution in [3.05, 3.63) is 41.5 Å². The number of allylic oxidation sites excluding steroid dienone is 1. The van der Waals surface area contributed by atoms with E-state index in [0.29, 0.717) is 31.0 Å². The van der Waals surface area contributed by atoms with Gasteiger partial charge in [0.05, 0.1) is 31.5 Å². The molecular weight excluding hydrogens is 372 g/mol. The molecule has 4 rings (SSSR count). The molecule has 0 unspecified atom stereocenters. The Morgan fingerprint density at radius 1 is 1.10 bits per heavy atom. The molecule has 2 saturated carbocycles. The van der Waals surface area contributed by atoms with Gasteiger partial charge in [0.25, 0.3) is 0 Å². The summed E-state index contributed by atoms with van der Waals surface area (Å²) < 4.78 is 21.7. The van der Waals surface area contributed by atoms with E-state index in [1.807, 2.05) is 30.3 Å². The second kappa shape index (κ2) is 8.78.